The van der Waals surface area contributed by atoms with E-state index in [9.17, 15) is 4.79 Å². The van der Waals surface area contributed by atoms with E-state index in [0.29, 0.717) is 10.1 Å². The molecule has 0 aliphatic rings. The number of thiocarbonyl (C=S) groups is 1. The van der Waals surface area contributed by atoms with E-state index in [2.05, 4.69) is 10.9 Å². The number of hydrazine groups is 1. The van der Waals surface area contributed by atoms with Crippen LogP contribution in [0.2, 0.25) is 0 Å². The second-order valence-electron chi connectivity index (χ2n) is 2.38. The number of hydrogen-bond acceptors (Lipinski definition) is 4. The van der Waals surface area contributed by atoms with Gasteiger partial charge in [0.1, 0.15) is 6.29 Å². The van der Waals surface area contributed by atoms with Gasteiger partial charge >= 0.3 is 0 Å². The molecule has 0 saturated carbocycles. The molecule has 74 valence electrons. The predicted octanol–water partition coefficient (Wildman–Crippen LogP) is 1.82. The van der Waals surface area contributed by atoms with E-state index in [1.165, 1.54) is 11.8 Å². The summed E-state index contributed by atoms with van der Waals surface area (Å²) in [5.74, 6) is 0.377. The van der Waals surface area contributed by atoms with Crippen LogP contribution in [0.3, 0.4) is 0 Å². The van der Waals surface area contributed by atoms with Gasteiger partial charge in [-0.15, -0.1) is 0 Å². The molecule has 1 rings (SSSR count). The first-order valence-corrected chi connectivity index (χ1v) is 5.40. The van der Waals surface area contributed by atoms with Crippen molar-refractivity contribution in [3.8, 4) is 0 Å². The first-order valence-electron chi connectivity index (χ1n) is 4.00. The van der Waals surface area contributed by atoms with Gasteiger partial charge in [-0.25, -0.2) is 0 Å². The molecular weight excluding hydrogens is 216 g/mol. The van der Waals surface area contributed by atoms with Crippen LogP contribution in [0.25, 0.3) is 0 Å². The number of hydrogen-bond donors (Lipinski definition) is 2. The summed E-state index contributed by atoms with van der Waals surface area (Å²) in [6.07, 6.45) is 0.821. The first kappa shape index (κ1) is 11.0. The van der Waals surface area contributed by atoms with E-state index in [1.807, 2.05) is 30.3 Å². The Hall–Kier alpha value is -1.07. The number of carbonyl (C=O) groups is 1. The number of nitrogens with one attached hydrogen (secondary N) is 2. The van der Waals surface area contributed by atoms with Gasteiger partial charge in [-0.2, -0.15) is 0 Å². The average Bonchev–Trinajstić information content (AvgIpc) is 2.25. The smallest absolute Gasteiger partial charge is 0.152 e. The lowest BCUT2D eigenvalue weighted by Crippen LogP contribution is -2.25. The van der Waals surface area contributed by atoms with Crippen LogP contribution in [-0.4, -0.2) is 16.4 Å². The Morgan fingerprint density at radius 2 is 2.14 bits per heavy atom. The Balaban J connectivity index is 2.27. The van der Waals surface area contributed by atoms with Crippen LogP contribution in [0.1, 0.15) is 0 Å². The molecule has 0 heterocycles. The highest BCUT2D eigenvalue weighted by molar-refractivity contribution is 8.23. The molecule has 0 atom stereocenters. The normalized spacial score (nSPS) is 9.14. The summed E-state index contributed by atoms with van der Waals surface area (Å²) in [4.78, 5) is 10.1. The van der Waals surface area contributed by atoms with Crippen LogP contribution in [0.5, 0.6) is 0 Å². The summed E-state index contributed by atoms with van der Waals surface area (Å²) < 4.78 is 0.556. The minimum atomic E-state index is 0.377. The molecule has 1 aromatic carbocycles. The molecule has 0 aliphatic carbocycles. The third kappa shape index (κ3) is 4.25. The van der Waals surface area contributed by atoms with Crippen LogP contribution in [0, 0.1) is 0 Å². The molecule has 0 amide bonds. The second-order valence-corrected chi connectivity index (χ2v) is 4.08. The summed E-state index contributed by atoms with van der Waals surface area (Å²) in [5, 5.41) is 0. The van der Waals surface area contributed by atoms with Crippen molar-refractivity contribution in [2.75, 3.05) is 11.2 Å². The molecule has 5 heteroatoms. The highest BCUT2D eigenvalue weighted by Crippen LogP contribution is 2.04. The summed E-state index contributed by atoms with van der Waals surface area (Å²) in [7, 11) is 0. The maximum atomic E-state index is 10.1. The van der Waals surface area contributed by atoms with E-state index in [4.69, 9.17) is 12.2 Å². The summed E-state index contributed by atoms with van der Waals surface area (Å²) in [5.41, 5.74) is 6.68. The SMILES string of the molecule is O=CCSC(=S)NNc1ccccc1. The first-order chi connectivity index (χ1) is 6.83. The molecule has 0 bridgehead atoms. The van der Waals surface area contributed by atoms with E-state index < -0.39 is 0 Å². The molecule has 0 saturated heterocycles. The molecule has 0 radical (unpaired) electrons. The zero-order chi connectivity index (χ0) is 10.2. The average molecular weight is 226 g/mol. The summed E-state index contributed by atoms with van der Waals surface area (Å²) >= 11 is 6.23. The van der Waals surface area contributed by atoms with Gasteiger partial charge in [0.2, 0.25) is 0 Å². The van der Waals surface area contributed by atoms with Gasteiger partial charge < -0.3 is 4.79 Å². The number of anilines is 1. The molecule has 0 spiro atoms. The third-order valence-corrected chi connectivity index (χ3v) is 2.49. The standard InChI is InChI=1S/C9H10N2OS2/c12-6-7-14-9(13)11-10-8-4-2-1-3-5-8/h1-6,10H,7H2,(H,11,13). The molecule has 2 N–H and O–H groups in total. The largest absolute Gasteiger partial charge is 0.302 e. The monoisotopic (exact) mass is 226 g/mol. The highest BCUT2D eigenvalue weighted by Gasteiger charge is 1.94. The Bertz CT molecular complexity index is 303. The topological polar surface area (TPSA) is 41.1 Å². The van der Waals surface area contributed by atoms with Crippen molar-refractivity contribution >= 4 is 40.3 Å². The van der Waals surface area contributed by atoms with Crippen molar-refractivity contribution in [2.45, 2.75) is 0 Å². The number of para-hydroxylation sites is 1. The lowest BCUT2D eigenvalue weighted by atomic mass is 10.3. The zero-order valence-electron chi connectivity index (χ0n) is 7.40. The van der Waals surface area contributed by atoms with Crippen LogP contribution in [0.4, 0.5) is 5.69 Å². The summed E-state index contributed by atoms with van der Waals surface area (Å²) in [6, 6.07) is 9.61. The maximum absolute atomic E-state index is 10.1. The van der Waals surface area contributed by atoms with Crippen LogP contribution >= 0.6 is 24.0 Å². The highest BCUT2D eigenvalue weighted by atomic mass is 32.2. The minimum Gasteiger partial charge on any atom is -0.302 e. The van der Waals surface area contributed by atoms with Crippen LogP contribution in [-0.2, 0) is 4.79 Å². The fourth-order valence-corrected chi connectivity index (χ4v) is 1.39. The Labute approximate surface area is 92.2 Å². The lowest BCUT2D eigenvalue weighted by Gasteiger charge is -2.08. The quantitative estimate of drug-likeness (QED) is 0.465. The van der Waals surface area contributed by atoms with Gasteiger partial charge in [0.05, 0.1) is 11.4 Å². The fraction of sp³-hybridized carbons (Fsp3) is 0.111. The summed E-state index contributed by atoms with van der Waals surface area (Å²) in [6.45, 7) is 0. The predicted molar refractivity (Wildman–Crippen MR) is 64.3 cm³/mol. The van der Waals surface area contributed by atoms with Gasteiger partial charge in [-0.1, -0.05) is 42.2 Å². The van der Waals surface area contributed by atoms with Gasteiger partial charge in [0, 0.05) is 0 Å². The van der Waals surface area contributed by atoms with Gasteiger partial charge in [0.25, 0.3) is 0 Å². The molecular formula is C9H10N2OS2. The second kappa shape index (κ2) is 6.39. The van der Waals surface area contributed by atoms with Crippen molar-refractivity contribution in [1.82, 2.24) is 5.43 Å². The van der Waals surface area contributed by atoms with Crippen molar-refractivity contribution in [1.29, 1.82) is 0 Å². The van der Waals surface area contributed by atoms with E-state index >= 15 is 0 Å². The molecule has 3 nitrogen and oxygen atoms in total. The molecule has 0 aliphatic heterocycles. The number of benzene rings is 1. The van der Waals surface area contributed by atoms with Crippen LogP contribution in [0.15, 0.2) is 30.3 Å². The van der Waals surface area contributed by atoms with E-state index in [0.717, 1.165) is 12.0 Å². The zero-order valence-corrected chi connectivity index (χ0v) is 9.03. The van der Waals surface area contributed by atoms with Gasteiger partial charge in [-0.05, 0) is 12.1 Å². The number of carbonyl (C=O) groups excluding carboxylic acids is 1. The van der Waals surface area contributed by atoms with Gasteiger partial charge in [0.15, 0.2) is 4.32 Å². The maximum Gasteiger partial charge on any atom is 0.152 e. The molecule has 0 unspecified atom stereocenters. The number of aldehydes is 1. The number of rotatable bonds is 4. The van der Waals surface area contributed by atoms with Crippen molar-refractivity contribution in [2.24, 2.45) is 0 Å². The molecule has 0 aromatic heterocycles. The van der Waals surface area contributed by atoms with Gasteiger partial charge in [-0.3, -0.25) is 10.9 Å². The fourth-order valence-electron chi connectivity index (χ4n) is 0.790. The van der Waals surface area contributed by atoms with Crippen molar-refractivity contribution in [3.63, 3.8) is 0 Å². The van der Waals surface area contributed by atoms with Crippen LogP contribution < -0.4 is 10.9 Å². The third-order valence-electron chi connectivity index (χ3n) is 1.37. The van der Waals surface area contributed by atoms with E-state index in [-0.39, 0.29) is 0 Å². The Morgan fingerprint density at radius 1 is 1.43 bits per heavy atom. The minimum absolute atomic E-state index is 0.377. The van der Waals surface area contributed by atoms with Crippen molar-refractivity contribution in [3.05, 3.63) is 30.3 Å². The van der Waals surface area contributed by atoms with E-state index in [1.54, 1.807) is 0 Å². The lowest BCUT2D eigenvalue weighted by molar-refractivity contribution is -0.105. The Morgan fingerprint density at radius 3 is 2.79 bits per heavy atom. The molecule has 0 fully saturated rings. The number of thioether (sulfide) groups is 1. The Kier molecular flexibility index (Phi) is 5.03. The van der Waals surface area contributed by atoms with Crippen molar-refractivity contribution < 1.29 is 4.79 Å². The molecule has 1 aromatic rings. The molecule has 14 heavy (non-hydrogen) atoms.